The van der Waals surface area contributed by atoms with Crippen molar-refractivity contribution in [3.8, 4) is 0 Å². The van der Waals surface area contributed by atoms with E-state index in [1.165, 1.54) is 24.3 Å². The molecule has 0 radical (unpaired) electrons. The maximum absolute atomic E-state index is 13.7. The van der Waals surface area contributed by atoms with Crippen molar-refractivity contribution in [1.29, 1.82) is 0 Å². The topological polar surface area (TPSA) is 67.1 Å². The second kappa shape index (κ2) is 6.81. The SMILES string of the molecule is NCc1ccc(CNC(=O)Nc2cccc(F)c2)c(F)c1. The van der Waals surface area contributed by atoms with Crippen LogP contribution in [0.5, 0.6) is 0 Å². The molecule has 21 heavy (non-hydrogen) atoms. The molecule has 0 saturated carbocycles. The lowest BCUT2D eigenvalue weighted by atomic mass is 10.1. The number of hydrogen-bond donors (Lipinski definition) is 3. The van der Waals surface area contributed by atoms with Crippen LogP contribution < -0.4 is 16.4 Å². The monoisotopic (exact) mass is 291 g/mol. The highest BCUT2D eigenvalue weighted by Crippen LogP contribution is 2.11. The van der Waals surface area contributed by atoms with Crippen molar-refractivity contribution in [1.82, 2.24) is 5.32 Å². The molecular weight excluding hydrogens is 276 g/mol. The van der Waals surface area contributed by atoms with Gasteiger partial charge in [0.2, 0.25) is 0 Å². The predicted molar refractivity (Wildman–Crippen MR) is 76.5 cm³/mol. The standard InChI is InChI=1S/C15H15F2N3O/c16-12-2-1-3-13(7-12)20-15(21)19-9-11-5-4-10(8-18)6-14(11)17/h1-7H,8-9,18H2,(H2,19,20,21). The van der Waals surface area contributed by atoms with Gasteiger partial charge in [0.25, 0.3) is 0 Å². The van der Waals surface area contributed by atoms with E-state index in [-0.39, 0.29) is 13.1 Å². The summed E-state index contributed by atoms with van der Waals surface area (Å²) in [5.41, 5.74) is 6.77. The molecule has 0 aliphatic heterocycles. The maximum atomic E-state index is 13.7. The summed E-state index contributed by atoms with van der Waals surface area (Å²) in [6.07, 6.45) is 0. The lowest BCUT2D eigenvalue weighted by Gasteiger charge is -2.09. The highest BCUT2D eigenvalue weighted by atomic mass is 19.1. The van der Waals surface area contributed by atoms with Crippen LogP contribution in [0.25, 0.3) is 0 Å². The number of hydrogen-bond acceptors (Lipinski definition) is 2. The number of nitrogens with two attached hydrogens (primary N) is 1. The van der Waals surface area contributed by atoms with Crippen molar-refractivity contribution in [2.75, 3.05) is 5.32 Å². The van der Waals surface area contributed by atoms with Crippen LogP contribution in [0.3, 0.4) is 0 Å². The summed E-state index contributed by atoms with van der Waals surface area (Å²) in [5, 5.41) is 4.96. The van der Waals surface area contributed by atoms with Crippen LogP contribution in [0.15, 0.2) is 42.5 Å². The second-order valence-corrected chi connectivity index (χ2v) is 4.45. The van der Waals surface area contributed by atoms with Gasteiger partial charge in [-0.1, -0.05) is 18.2 Å². The molecule has 0 heterocycles. The third-order valence-electron chi connectivity index (χ3n) is 2.88. The van der Waals surface area contributed by atoms with E-state index in [1.807, 2.05) is 0 Å². The van der Waals surface area contributed by atoms with Crippen LogP contribution >= 0.6 is 0 Å². The number of halogens is 2. The summed E-state index contributed by atoms with van der Waals surface area (Å²) in [5.74, 6) is -0.875. The lowest BCUT2D eigenvalue weighted by molar-refractivity contribution is 0.251. The Morgan fingerprint density at radius 1 is 1.14 bits per heavy atom. The minimum absolute atomic E-state index is 0.0256. The average molecular weight is 291 g/mol. The molecule has 0 aromatic heterocycles. The Morgan fingerprint density at radius 3 is 2.62 bits per heavy atom. The molecule has 0 saturated heterocycles. The smallest absolute Gasteiger partial charge is 0.319 e. The van der Waals surface area contributed by atoms with E-state index in [0.29, 0.717) is 16.8 Å². The highest BCUT2D eigenvalue weighted by molar-refractivity contribution is 5.89. The molecule has 2 amide bonds. The molecule has 6 heteroatoms. The van der Waals surface area contributed by atoms with Gasteiger partial charge in [-0.25, -0.2) is 13.6 Å². The minimum atomic E-state index is -0.539. The third kappa shape index (κ3) is 4.25. The van der Waals surface area contributed by atoms with Crippen LogP contribution in [0.1, 0.15) is 11.1 Å². The largest absolute Gasteiger partial charge is 0.334 e. The first-order valence-electron chi connectivity index (χ1n) is 6.36. The van der Waals surface area contributed by atoms with Gasteiger partial charge in [0.1, 0.15) is 11.6 Å². The number of rotatable bonds is 4. The molecule has 0 aliphatic rings. The molecule has 2 aromatic rings. The van der Waals surface area contributed by atoms with Gasteiger partial charge in [-0.2, -0.15) is 0 Å². The number of amides is 2. The summed E-state index contributed by atoms with van der Waals surface area (Å²) < 4.78 is 26.7. The number of benzene rings is 2. The molecule has 0 unspecified atom stereocenters. The van der Waals surface area contributed by atoms with Gasteiger partial charge in [0.15, 0.2) is 0 Å². The van der Waals surface area contributed by atoms with Crippen LogP contribution in [0.4, 0.5) is 19.3 Å². The van der Waals surface area contributed by atoms with Crippen molar-refractivity contribution < 1.29 is 13.6 Å². The summed E-state index contributed by atoms with van der Waals surface area (Å²) >= 11 is 0. The Labute approximate surface area is 121 Å². The van der Waals surface area contributed by atoms with Gasteiger partial charge in [-0.15, -0.1) is 0 Å². The quantitative estimate of drug-likeness (QED) is 0.811. The summed E-state index contributed by atoms with van der Waals surface area (Å²) in [6, 6.07) is 9.57. The number of urea groups is 1. The number of carbonyl (C=O) groups excluding carboxylic acids is 1. The zero-order chi connectivity index (χ0) is 15.2. The van der Waals surface area contributed by atoms with E-state index >= 15 is 0 Å². The Hall–Kier alpha value is -2.47. The van der Waals surface area contributed by atoms with Gasteiger partial charge in [-0.3, -0.25) is 0 Å². The van der Waals surface area contributed by atoms with Crippen molar-refractivity contribution in [3.63, 3.8) is 0 Å². The van der Waals surface area contributed by atoms with Crippen LogP contribution in [0.2, 0.25) is 0 Å². The maximum Gasteiger partial charge on any atom is 0.319 e. The molecule has 0 atom stereocenters. The van der Waals surface area contributed by atoms with E-state index < -0.39 is 17.7 Å². The zero-order valence-corrected chi connectivity index (χ0v) is 11.2. The molecule has 4 N–H and O–H groups in total. The van der Waals surface area contributed by atoms with E-state index in [2.05, 4.69) is 10.6 Å². The van der Waals surface area contributed by atoms with Crippen molar-refractivity contribution >= 4 is 11.7 Å². The van der Waals surface area contributed by atoms with E-state index in [9.17, 15) is 13.6 Å². The normalized spacial score (nSPS) is 10.2. The summed E-state index contributed by atoms with van der Waals surface area (Å²) in [7, 11) is 0. The zero-order valence-electron chi connectivity index (χ0n) is 11.2. The van der Waals surface area contributed by atoms with E-state index in [0.717, 1.165) is 0 Å². The third-order valence-corrected chi connectivity index (χ3v) is 2.88. The minimum Gasteiger partial charge on any atom is -0.334 e. The summed E-state index contributed by atoms with van der Waals surface area (Å²) in [6.45, 7) is 0.280. The Morgan fingerprint density at radius 2 is 1.95 bits per heavy atom. The molecular formula is C15H15F2N3O. The van der Waals surface area contributed by atoms with Crippen LogP contribution in [0, 0.1) is 11.6 Å². The highest BCUT2D eigenvalue weighted by Gasteiger charge is 2.06. The van der Waals surface area contributed by atoms with Gasteiger partial charge in [0.05, 0.1) is 0 Å². The fourth-order valence-electron chi connectivity index (χ4n) is 1.78. The summed E-state index contributed by atoms with van der Waals surface area (Å²) in [4.78, 5) is 11.6. The van der Waals surface area contributed by atoms with E-state index in [1.54, 1.807) is 18.2 Å². The van der Waals surface area contributed by atoms with Gasteiger partial charge in [-0.05, 0) is 29.8 Å². The van der Waals surface area contributed by atoms with Crippen molar-refractivity contribution in [2.45, 2.75) is 13.1 Å². The Balaban J connectivity index is 1.92. The molecule has 0 fully saturated rings. The molecule has 2 rings (SSSR count). The Kier molecular flexibility index (Phi) is 4.84. The van der Waals surface area contributed by atoms with Gasteiger partial charge < -0.3 is 16.4 Å². The molecule has 0 spiro atoms. The first-order valence-corrected chi connectivity index (χ1v) is 6.36. The van der Waals surface area contributed by atoms with Crippen LogP contribution in [-0.2, 0) is 13.1 Å². The number of carbonyl (C=O) groups is 1. The number of anilines is 1. The molecule has 0 aliphatic carbocycles. The van der Waals surface area contributed by atoms with Crippen LogP contribution in [-0.4, -0.2) is 6.03 Å². The first-order chi connectivity index (χ1) is 10.1. The van der Waals surface area contributed by atoms with Crippen molar-refractivity contribution in [2.24, 2.45) is 5.73 Å². The molecule has 2 aromatic carbocycles. The van der Waals surface area contributed by atoms with Gasteiger partial charge >= 0.3 is 6.03 Å². The predicted octanol–water partition coefficient (Wildman–Crippen LogP) is 2.75. The van der Waals surface area contributed by atoms with E-state index in [4.69, 9.17) is 5.73 Å². The second-order valence-electron chi connectivity index (χ2n) is 4.45. The Bertz CT molecular complexity index is 647. The van der Waals surface area contributed by atoms with Crippen molar-refractivity contribution in [3.05, 3.63) is 65.2 Å². The molecule has 0 bridgehead atoms. The molecule has 110 valence electrons. The fraction of sp³-hybridized carbons (Fsp3) is 0.133. The first kappa shape index (κ1) is 14.9. The van der Waals surface area contributed by atoms with Gasteiger partial charge in [0, 0.05) is 24.3 Å². The lowest BCUT2D eigenvalue weighted by Crippen LogP contribution is -2.28. The fourth-order valence-corrected chi connectivity index (χ4v) is 1.78. The molecule has 4 nitrogen and oxygen atoms in total. The average Bonchev–Trinajstić information content (AvgIpc) is 2.46. The number of nitrogens with one attached hydrogen (secondary N) is 2.